The van der Waals surface area contributed by atoms with Gasteiger partial charge in [0.1, 0.15) is 22.1 Å². The fourth-order valence-electron chi connectivity index (χ4n) is 7.30. The van der Waals surface area contributed by atoms with Crippen molar-refractivity contribution in [2.24, 2.45) is 0 Å². The number of sulfone groups is 1. The highest BCUT2D eigenvalue weighted by molar-refractivity contribution is 7.93. The van der Waals surface area contributed by atoms with E-state index in [0.717, 1.165) is 27.3 Å². The number of carboxylic acid groups (broad SMARTS) is 1. The summed E-state index contributed by atoms with van der Waals surface area (Å²) in [5.74, 6) is 0.163. The van der Waals surface area contributed by atoms with E-state index in [4.69, 9.17) is 19.2 Å². The summed E-state index contributed by atoms with van der Waals surface area (Å²) in [4.78, 5) is 33.9. The summed E-state index contributed by atoms with van der Waals surface area (Å²) in [6.45, 7) is -1.01. The van der Waals surface area contributed by atoms with E-state index in [1.807, 2.05) is 0 Å². The largest absolute Gasteiger partial charge is 0.497 e. The number of tetrazole rings is 1. The molecule has 0 unspecified atom stereocenters. The lowest BCUT2D eigenvalue weighted by Crippen LogP contribution is -2.33. The van der Waals surface area contributed by atoms with Gasteiger partial charge in [0, 0.05) is 43.2 Å². The highest BCUT2D eigenvalue weighted by atomic mass is 32.2. The van der Waals surface area contributed by atoms with Gasteiger partial charge in [0.15, 0.2) is 15.0 Å². The van der Waals surface area contributed by atoms with Gasteiger partial charge in [-0.25, -0.2) is 26.6 Å². The fourth-order valence-corrected chi connectivity index (χ4v) is 11.8. The number of pyridine rings is 1. The number of ether oxygens (including phenoxy) is 3. The first kappa shape index (κ1) is 47.7. The lowest BCUT2D eigenvalue weighted by molar-refractivity contribution is 0.102. The van der Waals surface area contributed by atoms with Crippen LogP contribution in [0.4, 0.5) is 9.93 Å². The minimum Gasteiger partial charge on any atom is -0.497 e. The van der Waals surface area contributed by atoms with Gasteiger partial charge >= 0.3 is 6.09 Å². The number of rotatable bonds is 19. The predicted molar refractivity (Wildman–Crippen MR) is 257 cm³/mol. The predicted octanol–water partition coefficient (Wildman–Crippen LogP) is 6.77. The molecule has 0 saturated heterocycles. The van der Waals surface area contributed by atoms with Crippen LogP contribution in [0.1, 0.15) is 27.0 Å². The van der Waals surface area contributed by atoms with Gasteiger partial charge in [0.25, 0.3) is 5.91 Å². The van der Waals surface area contributed by atoms with Gasteiger partial charge in [-0.3, -0.25) is 15.1 Å². The maximum absolute atomic E-state index is 16.0. The number of benzene rings is 5. The van der Waals surface area contributed by atoms with Gasteiger partial charge in [-0.05, 0) is 82.1 Å². The first-order valence-electron chi connectivity index (χ1n) is 20.9. The molecule has 8 aromatic rings. The molecular formula is C47H43N9O10S3. The molecule has 0 spiro atoms. The van der Waals surface area contributed by atoms with Gasteiger partial charge in [-0.1, -0.05) is 72.0 Å². The van der Waals surface area contributed by atoms with Crippen LogP contribution in [-0.2, 0) is 39.5 Å². The van der Waals surface area contributed by atoms with Crippen molar-refractivity contribution in [1.29, 1.82) is 0 Å². The van der Waals surface area contributed by atoms with Crippen LogP contribution in [0.3, 0.4) is 0 Å². The average molecular weight is 990 g/mol. The molecule has 69 heavy (non-hydrogen) atoms. The number of amides is 2. The number of aromatic nitrogens is 6. The van der Waals surface area contributed by atoms with Crippen LogP contribution < -0.4 is 24.8 Å². The number of sulfonamides is 1. The normalized spacial score (nSPS) is 11.7. The third kappa shape index (κ3) is 10.8. The first-order valence-corrected chi connectivity index (χ1v) is 24.8. The number of carbonyl (C=O) groups is 2. The van der Waals surface area contributed by atoms with E-state index in [1.54, 1.807) is 110 Å². The molecular weight excluding hydrogens is 947 g/mol. The van der Waals surface area contributed by atoms with Crippen molar-refractivity contribution in [3.63, 3.8) is 0 Å². The van der Waals surface area contributed by atoms with Gasteiger partial charge in [-0.2, -0.15) is 9.10 Å². The SMILES string of the molecule is COc1ccc(CN(Cc2ccc(OC)cc2)S(=O)(=O)c2c(S(=O)(=O)CCNC(=O)O)ccc(-c3cncc4sc(NC(=O)c5ccccc5)nc34)c2-c2nnn(Cc3ccc(OC)cc3)n2)cc1. The third-order valence-electron chi connectivity index (χ3n) is 10.7. The zero-order chi connectivity index (χ0) is 48.7. The molecule has 8 rings (SSSR count). The zero-order valence-electron chi connectivity index (χ0n) is 37.1. The molecule has 0 fully saturated rings. The Morgan fingerprint density at radius 3 is 1.91 bits per heavy atom. The van der Waals surface area contributed by atoms with E-state index in [-0.39, 0.29) is 47.3 Å². The number of methoxy groups -OCH3 is 3. The standard InChI is InChI=1S/C47H43N9O10S3/c1-64-34-15-9-30(10-16-34)27-55(28-31-11-17-35(65-2)18-12-31)69(62,63)43-40(68(60,61)24-23-49-47(58)59)22-21-37(41(43)44-52-54-56(53-44)29-32-13-19-36(66-3)20-14-32)38-25-48-26-39-42(38)50-46(67-39)51-45(57)33-7-5-4-6-8-33/h4-22,25-26,49H,23-24,27-29H2,1-3H3,(H,58,59)(H,50,51,57). The smallest absolute Gasteiger partial charge is 0.404 e. The van der Waals surface area contributed by atoms with Crippen molar-refractivity contribution in [2.45, 2.75) is 29.4 Å². The van der Waals surface area contributed by atoms with E-state index in [2.05, 4.69) is 31.0 Å². The molecule has 354 valence electrons. The van der Waals surface area contributed by atoms with E-state index >= 15 is 8.42 Å². The molecule has 5 aromatic carbocycles. The summed E-state index contributed by atoms with van der Waals surface area (Å²) in [7, 11) is -5.13. The summed E-state index contributed by atoms with van der Waals surface area (Å²) in [6.07, 6.45) is 1.51. The van der Waals surface area contributed by atoms with E-state index in [9.17, 15) is 23.1 Å². The van der Waals surface area contributed by atoms with Crippen LogP contribution in [0, 0.1) is 0 Å². The molecule has 2 amide bonds. The van der Waals surface area contributed by atoms with Crippen LogP contribution in [0.25, 0.3) is 32.7 Å². The molecule has 19 nitrogen and oxygen atoms in total. The Balaban J connectivity index is 1.37. The van der Waals surface area contributed by atoms with Gasteiger partial charge < -0.3 is 24.6 Å². The number of nitrogens with one attached hydrogen (secondary N) is 2. The van der Waals surface area contributed by atoms with Gasteiger partial charge in [0.05, 0.1) is 54.3 Å². The topological polar surface area (TPSA) is 247 Å². The molecule has 0 aliphatic carbocycles. The van der Waals surface area contributed by atoms with Gasteiger partial charge in [0.2, 0.25) is 15.8 Å². The number of anilines is 1. The van der Waals surface area contributed by atoms with Crippen LogP contribution in [0.5, 0.6) is 17.2 Å². The molecule has 0 bridgehead atoms. The van der Waals surface area contributed by atoms with Crippen molar-refractivity contribution >= 4 is 58.5 Å². The second-order valence-electron chi connectivity index (χ2n) is 15.2. The Morgan fingerprint density at radius 2 is 1.33 bits per heavy atom. The summed E-state index contributed by atoms with van der Waals surface area (Å²) >= 11 is 1.12. The van der Waals surface area contributed by atoms with Crippen molar-refractivity contribution < 1.29 is 45.7 Å². The molecule has 0 saturated carbocycles. The molecule has 0 radical (unpaired) electrons. The highest BCUT2D eigenvalue weighted by Crippen LogP contribution is 2.44. The van der Waals surface area contributed by atoms with Crippen molar-refractivity contribution in [3.05, 3.63) is 150 Å². The Kier molecular flexibility index (Phi) is 14.2. The number of thiazole rings is 1. The number of hydrogen-bond donors (Lipinski definition) is 3. The minimum atomic E-state index is -5.02. The molecule has 0 aliphatic heterocycles. The van der Waals surface area contributed by atoms with E-state index < -0.39 is 53.9 Å². The second-order valence-corrected chi connectivity index (χ2v) is 20.2. The molecule has 22 heteroatoms. The van der Waals surface area contributed by atoms with E-state index in [0.29, 0.717) is 44.2 Å². The fraction of sp³-hybridized carbons (Fsp3) is 0.170. The average Bonchev–Trinajstić information content (AvgIpc) is 4.00. The Labute approximate surface area is 400 Å². The van der Waals surface area contributed by atoms with Crippen LogP contribution in [-0.4, -0.2) is 102 Å². The summed E-state index contributed by atoms with van der Waals surface area (Å²) in [5, 5.41) is 27.8. The number of hydrogen-bond acceptors (Lipinski definition) is 15. The number of carbonyl (C=O) groups excluding carboxylic acids is 1. The monoisotopic (exact) mass is 989 g/mol. The third-order valence-corrected chi connectivity index (χ3v) is 15.4. The van der Waals surface area contributed by atoms with Crippen LogP contribution in [0.2, 0.25) is 0 Å². The van der Waals surface area contributed by atoms with Crippen molar-refractivity contribution in [2.75, 3.05) is 38.9 Å². The molecule has 3 heterocycles. The second kappa shape index (κ2) is 20.6. The highest BCUT2D eigenvalue weighted by Gasteiger charge is 2.38. The summed E-state index contributed by atoms with van der Waals surface area (Å²) < 4.78 is 79.0. The Hall–Kier alpha value is -7.79. The van der Waals surface area contributed by atoms with Crippen LogP contribution in [0.15, 0.2) is 137 Å². The number of nitrogens with zero attached hydrogens (tertiary/aromatic N) is 7. The van der Waals surface area contributed by atoms with E-state index in [1.165, 1.54) is 37.5 Å². The zero-order valence-corrected chi connectivity index (χ0v) is 39.6. The summed E-state index contributed by atoms with van der Waals surface area (Å²) in [5.41, 5.74) is 2.59. The Bertz CT molecular complexity index is 3300. The number of fused-ring (bicyclic) bond motifs is 1. The lowest BCUT2D eigenvalue weighted by Gasteiger charge is -2.26. The van der Waals surface area contributed by atoms with Crippen LogP contribution >= 0.6 is 11.3 Å². The van der Waals surface area contributed by atoms with Crippen molar-refractivity contribution in [1.82, 2.24) is 39.8 Å². The molecule has 3 aromatic heterocycles. The quantitative estimate of drug-likeness (QED) is 0.0757. The maximum atomic E-state index is 16.0. The summed E-state index contributed by atoms with van der Waals surface area (Å²) in [6, 6.07) is 31.7. The van der Waals surface area contributed by atoms with Gasteiger partial charge in [-0.15, -0.1) is 10.2 Å². The molecule has 0 aliphatic rings. The lowest BCUT2D eigenvalue weighted by atomic mass is 9.99. The Morgan fingerprint density at radius 1 is 0.739 bits per heavy atom. The maximum Gasteiger partial charge on any atom is 0.404 e. The molecule has 0 atom stereocenters. The molecule has 3 N–H and O–H groups in total. The minimum absolute atomic E-state index is 0.0714. The first-order chi connectivity index (χ1) is 33.3. The van der Waals surface area contributed by atoms with Crippen molar-refractivity contribution in [3.8, 4) is 39.8 Å².